The van der Waals surface area contributed by atoms with E-state index < -0.39 is 9.84 Å². The molecular weight excluding hydrogens is 286 g/mol. The molecule has 0 unspecified atom stereocenters. The summed E-state index contributed by atoms with van der Waals surface area (Å²) >= 11 is 0. The third-order valence-electron chi connectivity index (χ3n) is 4.28. The molecular formula is C15H25N3O2S. The first kappa shape index (κ1) is 16.4. The van der Waals surface area contributed by atoms with Crippen molar-refractivity contribution in [3.63, 3.8) is 0 Å². The number of hydrogen-bond donors (Lipinski definition) is 0. The van der Waals surface area contributed by atoms with Gasteiger partial charge in [-0.1, -0.05) is 13.0 Å². The van der Waals surface area contributed by atoms with Crippen LogP contribution in [-0.4, -0.2) is 67.4 Å². The highest BCUT2D eigenvalue weighted by Crippen LogP contribution is 2.20. The lowest BCUT2D eigenvalue weighted by molar-refractivity contribution is 0.106. The molecule has 0 aromatic carbocycles. The lowest BCUT2D eigenvalue weighted by atomic mass is 10.1. The van der Waals surface area contributed by atoms with E-state index in [-0.39, 0.29) is 11.5 Å². The summed E-state index contributed by atoms with van der Waals surface area (Å²) in [4.78, 5) is 8.86. The van der Waals surface area contributed by atoms with Crippen LogP contribution in [0.5, 0.6) is 0 Å². The van der Waals surface area contributed by atoms with Gasteiger partial charge in [-0.25, -0.2) is 8.42 Å². The van der Waals surface area contributed by atoms with Crippen LogP contribution in [0.15, 0.2) is 24.5 Å². The molecule has 0 spiro atoms. The van der Waals surface area contributed by atoms with Crippen LogP contribution in [0.4, 0.5) is 0 Å². The van der Waals surface area contributed by atoms with Gasteiger partial charge in [-0.3, -0.25) is 14.8 Å². The molecule has 2 rings (SSSR count). The van der Waals surface area contributed by atoms with Crippen molar-refractivity contribution in [3.05, 3.63) is 30.1 Å². The monoisotopic (exact) mass is 311 g/mol. The summed E-state index contributed by atoms with van der Waals surface area (Å²) < 4.78 is 23.1. The maximum absolute atomic E-state index is 11.6. The van der Waals surface area contributed by atoms with Crippen LogP contribution in [0.3, 0.4) is 0 Å². The summed E-state index contributed by atoms with van der Waals surface area (Å²) in [6, 6.07) is 4.44. The molecule has 21 heavy (non-hydrogen) atoms. The Hall–Kier alpha value is -0.980. The molecule has 0 saturated carbocycles. The van der Waals surface area contributed by atoms with E-state index in [2.05, 4.69) is 27.8 Å². The highest BCUT2D eigenvalue weighted by molar-refractivity contribution is 7.91. The Bertz CT molecular complexity index is 525. The lowest BCUT2D eigenvalue weighted by Crippen LogP contribution is -2.48. The van der Waals surface area contributed by atoms with Crippen molar-refractivity contribution in [3.8, 4) is 0 Å². The number of nitrogens with zero attached hydrogens (tertiary/aromatic N) is 3. The van der Waals surface area contributed by atoms with E-state index in [0.29, 0.717) is 12.6 Å². The maximum atomic E-state index is 11.6. The number of aromatic nitrogens is 1. The minimum Gasteiger partial charge on any atom is -0.300 e. The fourth-order valence-corrected chi connectivity index (χ4v) is 3.45. The molecule has 1 aliphatic heterocycles. The zero-order valence-electron chi connectivity index (χ0n) is 12.9. The average Bonchev–Trinajstić information content (AvgIpc) is 2.54. The normalized spacial score (nSPS) is 19.5. The second-order valence-corrected chi connectivity index (χ2v) is 8.05. The van der Waals surface area contributed by atoms with Crippen molar-refractivity contribution in [2.24, 2.45) is 0 Å². The quantitative estimate of drug-likeness (QED) is 0.790. The van der Waals surface area contributed by atoms with Gasteiger partial charge in [0.25, 0.3) is 0 Å². The van der Waals surface area contributed by atoms with Crippen molar-refractivity contribution in [2.75, 3.05) is 44.2 Å². The number of hydrogen-bond acceptors (Lipinski definition) is 5. The van der Waals surface area contributed by atoms with Gasteiger partial charge in [0.1, 0.15) is 0 Å². The molecule has 0 N–H and O–H groups in total. The number of rotatable bonds is 6. The van der Waals surface area contributed by atoms with E-state index in [0.717, 1.165) is 26.2 Å². The molecule has 5 nitrogen and oxygen atoms in total. The summed E-state index contributed by atoms with van der Waals surface area (Å²) in [7, 11) is -2.86. The van der Waals surface area contributed by atoms with Crippen molar-refractivity contribution < 1.29 is 8.42 Å². The van der Waals surface area contributed by atoms with Gasteiger partial charge < -0.3 is 0 Å². The number of piperazine rings is 1. The third-order valence-corrected chi connectivity index (χ3v) is 5.96. The Balaban J connectivity index is 1.81. The van der Waals surface area contributed by atoms with Gasteiger partial charge in [0.15, 0.2) is 9.84 Å². The van der Waals surface area contributed by atoms with Crippen LogP contribution in [-0.2, 0) is 9.84 Å². The topological polar surface area (TPSA) is 53.5 Å². The van der Waals surface area contributed by atoms with Gasteiger partial charge in [0.05, 0.1) is 5.75 Å². The molecule has 0 bridgehead atoms. The Morgan fingerprint density at radius 1 is 1.29 bits per heavy atom. The van der Waals surface area contributed by atoms with Crippen LogP contribution in [0, 0.1) is 0 Å². The summed E-state index contributed by atoms with van der Waals surface area (Å²) in [5.74, 6) is 0.521. The molecule has 2 heterocycles. The van der Waals surface area contributed by atoms with E-state index in [4.69, 9.17) is 0 Å². The standard InChI is InChI=1S/C15H25N3O2S/c1-3-21(19,20)12-11-17-7-9-18(10-8-17)14(2)15-5-4-6-16-13-15/h4-6,13-14H,3,7-12H2,1-2H3/t14-/m0/s1. The van der Waals surface area contributed by atoms with Crippen molar-refractivity contribution in [2.45, 2.75) is 19.9 Å². The van der Waals surface area contributed by atoms with E-state index in [9.17, 15) is 8.42 Å². The van der Waals surface area contributed by atoms with Crippen LogP contribution >= 0.6 is 0 Å². The molecule has 118 valence electrons. The minimum absolute atomic E-state index is 0.241. The smallest absolute Gasteiger partial charge is 0.151 e. The molecule has 1 aromatic heterocycles. The maximum Gasteiger partial charge on any atom is 0.151 e. The predicted octanol–water partition coefficient (Wildman–Crippen LogP) is 1.19. The first-order valence-electron chi connectivity index (χ1n) is 7.58. The molecule has 0 radical (unpaired) electrons. The SMILES string of the molecule is CCS(=O)(=O)CCN1CCN([C@@H](C)c2cccnc2)CC1. The molecule has 0 aliphatic carbocycles. The van der Waals surface area contributed by atoms with Crippen LogP contribution in [0.1, 0.15) is 25.5 Å². The molecule has 1 saturated heterocycles. The number of pyridine rings is 1. The molecule has 6 heteroatoms. The van der Waals surface area contributed by atoms with E-state index in [1.807, 2.05) is 12.3 Å². The second kappa shape index (κ2) is 7.33. The van der Waals surface area contributed by atoms with Gasteiger partial charge >= 0.3 is 0 Å². The lowest BCUT2D eigenvalue weighted by Gasteiger charge is -2.38. The summed E-state index contributed by atoms with van der Waals surface area (Å²) in [6.07, 6.45) is 3.72. The fourth-order valence-electron chi connectivity index (χ4n) is 2.62. The molecule has 1 fully saturated rings. The van der Waals surface area contributed by atoms with Gasteiger partial charge in [0.2, 0.25) is 0 Å². The zero-order valence-corrected chi connectivity index (χ0v) is 13.7. The molecule has 0 amide bonds. The zero-order chi connectivity index (χ0) is 15.3. The van der Waals surface area contributed by atoms with Crippen LogP contribution in [0.2, 0.25) is 0 Å². The Morgan fingerprint density at radius 3 is 2.57 bits per heavy atom. The van der Waals surface area contributed by atoms with Gasteiger partial charge in [-0.2, -0.15) is 0 Å². The van der Waals surface area contributed by atoms with E-state index >= 15 is 0 Å². The molecule has 1 aliphatic rings. The molecule has 1 aromatic rings. The van der Waals surface area contributed by atoms with Crippen molar-refractivity contribution >= 4 is 9.84 Å². The Labute approximate surface area is 127 Å². The van der Waals surface area contributed by atoms with Crippen molar-refractivity contribution in [1.29, 1.82) is 0 Å². The summed E-state index contributed by atoms with van der Waals surface area (Å²) in [5, 5.41) is 0. The predicted molar refractivity (Wildman–Crippen MR) is 85.0 cm³/mol. The van der Waals surface area contributed by atoms with E-state index in [1.54, 1.807) is 13.1 Å². The second-order valence-electron chi connectivity index (χ2n) is 5.58. The highest BCUT2D eigenvalue weighted by atomic mass is 32.2. The van der Waals surface area contributed by atoms with Crippen LogP contribution in [0.25, 0.3) is 0 Å². The first-order chi connectivity index (χ1) is 10.0. The Kier molecular flexibility index (Phi) is 5.72. The van der Waals surface area contributed by atoms with Gasteiger partial charge in [-0.15, -0.1) is 0 Å². The fraction of sp³-hybridized carbons (Fsp3) is 0.667. The average molecular weight is 311 g/mol. The van der Waals surface area contributed by atoms with Gasteiger partial charge in [-0.05, 0) is 18.6 Å². The highest BCUT2D eigenvalue weighted by Gasteiger charge is 2.22. The summed E-state index contributed by atoms with van der Waals surface area (Å²) in [5.41, 5.74) is 1.24. The van der Waals surface area contributed by atoms with Crippen LogP contribution < -0.4 is 0 Å². The van der Waals surface area contributed by atoms with Crippen molar-refractivity contribution in [1.82, 2.24) is 14.8 Å². The number of sulfone groups is 1. The minimum atomic E-state index is -2.86. The van der Waals surface area contributed by atoms with E-state index in [1.165, 1.54) is 5.56 Å². The first-order valence-corrected chi connectivity index (χ1v) is 9.40. The molecule has 1 atom stereocenters. The largest absolute Gasteiger partial charge is 0.300 e. The summed E-state index contributed by atoms with van der Waals surface area (Å²) in [6.45, 7) is 8.39. The van der Waals surface area contributed by atoms with Gasteiger partial charge in [0, 0.05) is 56.9 Å². The third kappa shape index (κ3) is 4.76. The Morgan fingerprint density at radius 2 is 2.00 bits per heavy atom.